The largest absolute Gasteiger partial charge is 0.455 e. The summed E-state index contributed by atoms with van der Waals surface area (Å²) in [6.45, 7) is 4.80. The molecule has 0 saturated heterocycles. The fraction of sp³-hybridized carbons (Fsp3) is 0.444. The van der Waals surface area contributed by atoms with E-state index in [-0.39, 0.29) is 5.78 Å². The van der Waals surface area contributed by atoms with Crippen LogP contribution in [-0.4, -0.2) is 16.7 Å². The summed E-state index contributed by atoms with van der Waals surface area (Å²) < 4.78 is 5.01. The van der Waals surface area contributed by atoms with Crippen molar-refractivity contribution in [2.45, 2.75) is 26.6 Å². The molecule has 0 bridgehead atoms. The number of rotatable bonds is 1. The van der Waals surface area contributed by atoms with Crippen molar-refractivity contribution in [3.05, 3.63) is 23.5 Å². The van der Waals surface area contributed by atoms with E-state index in [0.717, 1.165) is 0 Å². The maximum atomic E-state index is 11.2. The van der Waals surface area contributed by atoms with Crippen LogP contribution in [0.25, 0.3) is 0 Å². The Bertz CT molecular complexity index is 271. The lowest BCUT2D eigenvalue weighted by Gasteiger charge is -2.14. The molecular weight excluding hydrogens is 156 g/mol. The number of ether oxygens (including phenoxy) is 1. The summed E-state index contributed by atoms with van der Waals surface area (Å²) in [5.41, 5.74) is 0.470. The molecule has 1 rings (SSSR count). The Morgan fingerprint density at radius 1 is 1.58 bits per heavy atom. The average Bonchev–Trinajstić information content (AvgIpc) is 2.16. The Hall–Kier alpha value is -1.09. The topological polar surface area (TPSA) is 46.5 Å². The molecule has 12 heavy (non-hydrogen) atoms. The molecule has 0 aliphatic carbocycles. The molecule has 0 aromatic carbocycles. The van der Waals surface area contributed by atoms with E-state index < -0.39 is 5.79 Å². The number of hydrogen-bond acceptors (Lipinski definition) is 3. The minimum Gasteiger partial charge on any atom is -0.455 e. The van der Waals surface area contributed by atoms with Gasteiger partial charge in [-0.1, -0.05) is 6.08 Å². The quantitative estimate of drug-likeness (QED) is 0.638. The summed E-state index contributed by atoms with van der Waals surface area (Å²) >= 11 is 0. The maximum Gasteiger partial charge on any atom is 0.269 e. The maximum absolute atomic E-state index is 11.2. The summed E-state index contributed by atoms with van der Waals surface area (Å²) in [6, 6.07) is 0. The lowest BCUT2D eigenvalue weighted by Crippen LogP contribution is -2.32. The first-order chi connectivity index (χ1) is 5.49. The van der Waals surface area contributed by atoms with Gasteiger partial charge in [0.2, 0.25) is 5.78 Å². The van der Waals surface area contributed by atoms with Gasteiger partial charge in [-0.2, -0.15) is 0 Å². The highest BCUT2D eigenvalue weighted by atomic mass is 16.6. The molecule has 0 aromatic heterocycles. The van der Waals surface area contributed by atoms with Crippen LogP contribution in [0.15, 0.2) is 23.5 Å². The van der Waals surface area contributed by atoms with E-state index >= 15 is 0 Å². The number of allylic oxidation sites excluding steroid dienone is 2. The zero-order valence-electron chi connectivity index (χ0n) is 7.42. The van der Waals surface area contributed by atoms with Crippen molar-refractivity contribution in [3.63, 3.8) is 0 Å². The van der Waals surface area contributed by atoms with Crippen LogP contribution in [0.2, 0.25) is 0 Å². The van der Waals surface area contributed by atoms with Gasteiger partial charge in [0, 0.05) is 12.5 Å². The standard InChI is InChI=1S/C9H12O3/c1-4-5-7-6(2)8(10)9(3,11)12-7/h4-5,11H,1-3H3/b5-4+/t9-/m1/s1. The normalized spacial score (nSPS) is 30.2. The van der Waals surface area contributed by atoms with Gasteiger partial charge < -0.3 is 9.84 Å². The van der Waals surface area contributed by atoms with Crippen LogP contribution in [-0.2, 0) is 9.53 Å². The number of carbonyl (C=O) groups is 1. The van der Waals surface area contributed by atoms with Crippen molar-refractivity contribution in [1.29, 1.82) is 0 Å². The van der Waals surface area contributed by atoms with Crippen molar-refractivity contribution < 1.29 is 14.6 Å². The van der Waals surface area contributed by atoms with Crippen molar-refractivity contribution >= 4 is 5.78 Å². The number of ketones is 1. The highest BCUT2D eigenvalue weighted by Gasteiger charge is 2.41. The lowest BCUT2D eigenvalue weighted by atomic mass is 10.1. The molecule has 0 spiro atoms. The summed E-state index contributed by atoms with van der Waals surface area (Å²) in [5.74, 6) is -1.58. The molecule has 1 heterocycles. The van der Waals surface area contributed by atoms with E-state index in [2.05, 4.69) is 0 Å². The molecule has 1 aliphatic heterocycles. The summed E-state index contributed by atoms with van der Waals surface area (Å²) in [7, 11) is 0. The molecule has 0 saturated carbocycles. The monoisotopic (exact) mass is 168 g/mol. The number of Topliss-reactive ketones (excluding diaryl/α,β-unsaturated/α-hetero) is 1. The molecule has 3 heteroatoms. The Kier molecular flexibility index (Phi) is 2.06. The van der Waals surface area contributed by atoms with Gasteiger partial charge >= 0.3 is 0 Å². The molecular formula is C9H12O3. The molecule has 66 valence electrons. The van der Waals surface area contributed by atoms with E-state index in [0.29, 0.717) is 11.3 Å². The van der Waals surface area contributed by atoms with Gasteiger partial charge in [0.05, 0.1) is 0 Å². The van der Waals surface area contributed by atoms with Crippen LogP contribution in [0, 0.1) is 0 Å². The second-order valence-corrected chi connectivity index (χ2v) is 2.90. The SMILES string of the molecule is C/C=C/C1=C(C)C(=O)[C@](C)(O)O1. The Morgan fingerprint density at radius 2 is 2.17 bits per heavy atom. The zero-order valence-corrected chi connectivity index (χ0v) is 7.42. The summed E-state index contributed by atoms with van der Waals surface area (Å²) in [4.78, 5) is 11.2. The van der Waals surface area contributed by atoms with E-state index in [9.17, 15) is 9.90 Å². The fourth-order valence-corrected chi connectivity index (χ4v) is 1.11. The predicted octanol–water partition coefficient (Wildman–Crippen LogP) is 1.14. The van der Waals surface area contributed by atoms with E-state index in [1.54, 1.807) is 19.1 Å². The highest BCUT2D eigenvalue weighted by molar-refractivity contribution is 6.02. The second kappa shape index (κ2) is 2.75. The average molecular weight is 168 g/mol. The van der Waals surface area contributed by atoms with Gasteiger partial charge in [0.15, 0.2) is 0 Å². The van der Waals surface area contributed by atoms with Gasteiger partial charge in [-0.05, 0) is 19.9 Å². The third-order valence-corrected chi connectivity index (χ3v) is 1.76. The second-order valence-electron chi connectivity index (χ2n) is 2.90. The summed E-state index contributed by atoms with van der Waals surface area (Å²) in [5, 5.41) is 9.38. The first-order valence-electron chi connectivity index (χ1n) is 3.79. The first-order valence-corrected chi connectivity index (χ1v) is 3.79. The minimum absolute atomic E-state index is 0.365. The first kappa shape index (κ1) is 9.00. The van der Waals surface area contributed by atoms with Crippen LogP contribution in [0.5, 0.6) is 0 Å². The van der Waals surface area contributed by atoms with Crippen molar-refractivity contribution in [3.8, 4) is 0 Å². The van der Waals surface area contributed by atoms with Crippen LogP contribution in [0.1, 0.15) is 20.8 Å². The van der Waals surface area contributed by atoms with E-state index in [1.165, 1.54) is 6.92 Å². The third-order valence-electron chi connectivity index (χ3n) is 1.76. The Labute approximate surface area is 71.3 Å². The molecule has 0 fully saturated rings. The van der Waals surface area contributed by atoms with Crippen LogP contribution >= 0.6 is 0 Å². The molecule has 3 nitrogen and oxygen atoms in total. The summed E-state index contributed by atoms with van der Waals surface area (Å²) in [6.07, 6.45) is 3.42. The van der Waals surface area contributed by atoms with E-state index in [1.807, 2.05) is 6.92 Å². The number of carbonyl (C=O) groups excluding carboxylic acids is 1. The highest BCUT2D eigenvalue weighted by Crippen LogP contribution is 2.28. The number of aliphatic hydroxyl groups is 1. The Balaban J connectivity index is 3.00. The van der Waals surface area contributed by atoms with Crippen molar-refractivity contribution in [1.82, 2.24) is 0 Å². The van der Waals surface area contributed by atoms with Gasteiger partial charge in [-0.3, -0.25) is 4.79 Å². The van der Waals surface area contributed by atoms with E-state index in [4.69, 9.17) is 4.74 Å². The minimum atomic E-state index is -1.67. The fourth-order valence-electron chi connectivity index (χ4n) is 1.11. The molecule has 0 unspecified atom stereocenters. The van der Waals surface area contributed by atoms with Gasteiger partial charge in [-0.25, -0.2) is 0 Å². The Morgan fingerprint density at radius 3 is 2.50 bits per heavy atom. The smallest absolute Gasteiger partial charge is 0.269 e. The van der Waals surface area contributed by atoms with Crippen LogP contribution in [0.4, 0.5) is 0 Å². The molecule has 0 radical (unpaired) electrons. The molecule has 1 atom stereocenters. The van der Waals surface area contributed by atoms with Gasteiger partial charge in [-0.15, -0.1) is 0 Å². The predicted molar refractivity (Wildman–Crippen MR) is 44.2 cm³/mol. The number of hydrogen-bond donors (Lipinski definition) is 1. The lowest BCUT2D eigenvalue weighted by molar-refractivity contribution is -0.168. The van der Waals surface area contributed by atoms with Crippen LogP contribution in [0.3, 0.4) is 0 Å². The van der Waals surface area contributed by atoms with Crippen molar-refractivity contribution in [2.24, 2.45) is 0 Å². The molecule has 0 aromatic rings. The third kappa shape index (κ3) is 1.28. The molecule has 1 N–H and O–H groups in total. The van der Waals surface area contributed by atoms with Gasteiger partial charge in [0.25, 0.3) is 5.79 Å². The molecule has 0 amide bonds. The van der Waals surface area contributed by atoms with Crippen LogP contribution < -0.4 is 0 Å². The van der Waals surface area contributed by atoms with Gasteiger partial charge in [0.1, 0.15) is 5.76 Å². The molecule has 1 aliphatic rings. The van der Waals surface area contributed by atoms with Crippen molar-refractivity contribution in [2.75, 3.05) is 0 Å². The zero-order chi connectivity index (χ0) is 9.35.